The molecule has 2 aromatic heterocycles. The third-order valence-corrected chi connectivity index (χ3v) is 6.42. The number of benzene rings is 2. The molecule has 0 saturated heterocycles. The monoisotopic (exact) mass is 420 g/mol. The molecule has 0 amide bonds. The van der Waals surface area contributed by atoms with Gasteiger partial charge in [0.2, 0.25) is 11.8 Å². The van der Waals surface area contributed by atoms with Crippen molar-refractivity contribution in [3.8, 4) is 17.5 Å². The quantitative estimate of drug-likeness (QED) is 0.518. The second-order valence-corrected chi connectivity index (χ2v) is 8.56. The summed E-state index contributed by atoms with van der Waals surface area (Å²) in [4.78, 5) is 16.4. The molecule has 0 unspecified atom stereocenters. The molecule has 2 heterocycles. The van der Waals surface area contributed by atoms with Crippen molar-refractivity contribution < 1.29 is 9.84 Å². The number of nitrogens with one attached hydrogen (secondary N) is 1. The van der Waals surface area contributed by atoms with Crippen molar-refractivity contribution in [2.45, 2.75) is 18.8 Å². The average Bonchev–Trinajstić information content (AvgIpc) is 3.29. The van der Waals surface area contributed by atoms with Crippen molar-refractivity contribution >= 4 is 27.9 Å². The molecule has 2 N–H and O–H groups in total. The molecule has 1 aliphatic rings. The number of aromatic hydroxyl groups is 1. The van der Waals surface area contributed by atoms with E-state index in [2.05, 4.69) is 15.2 Å². The number of ether oxygens (including phenoxy) is 1. The van der Waals surface area contributed by atoms with E-state index >= 15 is 0 Å². The van der Waals surface area contributed by atoms with Gasteiger partial charge in [-0.2, -0.15) is 0 Å². The number of H-pyrrole nitrogens is 1. The SMILES string of the molecule is CN(C)c1nnc(Oc2ccc3c(c2)CC[C@H]3c2sc(=O)[nH]c2O)c2ccccc12. The highest BCUT2D eigenvalue weighted by molar-refractivity contribution is 7.09. The van der Waals surface area contributed by atoms with Gasteiger partial charge in [-0.3, -0.25) is 9.78 Å². The van der Waals surface area contributed by atoms with Crippen LogP contribution in [0, 0.1) is 0 Å². The summed E-state index contributed by atoms with van der Waals surface area (Å²) < 4.78 is 6.13. The summed E-state index contributed by atoms with van der Waals surface area (Å²) in [6.07, 6.45) is 1.70. The summed E-state index contributed by atoms with van der Waals surface area (Å²) in [6, 6.07) is 13.8. The van der Waals surface area contributed by atoms with Crippen molar-refractivity contribution in [2.75, 3.05) is 19.0 Å². The van der Waals surface area contributed by atoms with E-state index in [1.54, 1.807) is 0 Å². The lowest BCUT2D eigenvalue weighted by atomic mass is 10.00. The van der Waals surface area contributed by atoms with Gasteiger partial charge >= 0.3 is 4.87 Å². The molecule has 7 nitrogen and oxygen atoms in total. The lowest BCUT2D eigenvalue weighted by molar-refractivity contribution is 0.447. The van der Waals surface area contributed by atoms with Crippen molar-refractivity contribution in [2.24, 2.45) is 0 Å². The summed E-state index contributed by atoms with van der Waals surface area (Å²) in [5.74, 6) is 1.95. The Hall–Kier alpha value is -3.39. The van der Waals surface area contributed by atoms with Gasteiger partial charge in [0.05, 0.1) is 4.88 Å². The van der Waals surface area contributed by atoms with Gasteiger partial charge in [-0.25, -0.2) is 0 Å². The molecular weight excluding hydrogens is 400 g/mol. The highest BCUT2D eigenvalue weighted by atomic mass is 32.1. The van der Waals surface area contributed by atoms with Crippen LogP contribution in [0.4, 0.5) is 5.82 Å². The Morgan fingerprint density at radius 1 is 1.17 bits per heavy atom. The van der Waals surface area contributed by atoms with Gasteiger partial charge in [-0.1, -0.05) is 35.6 Å². The van der Waals surface area contributed by atoms with Crippen LogP contribution in [0.5, 0.6) is 17.5 Å². The standard InChI is InChI=1S/C22H20N4O3S/c1-26(2)19-16-5-3-4-6-17(16)21(25-24-19)29-13-8-10-14-12(11-13)7-9-15(14)18-20(27)23-22(28)30-18/h3-6,8,10-11,15,27H,7,9H2,1-2H3,(H,23,28)/t15-/m1/s1. The van der Waals surface area contributed by atoms with Crippen LogP contribution in [0.15, 0.2) is 47.3 Å². The highest BCUT2D eigenvalue weighted by Crippen LogP contribution is 2.43. The number of anilines is 1. The summed E-state index contributed by atoms with van der Waals surface area (Å²) in [6.45, 7) is 0. The van der Waals surface area contributed by atoms with Gasteiger partial charge in [-0.15, -0.1) is 10.2 Å². The minimum atomic E-state index is -0.234. The largest absolute Gasteiger partial charge is 0.494 e. The molecular formula is C22H20N4O3S. The fraction of sp³-hybridized carbons (Fsp3) is 0.227. The number of hydrogen-bond donors (Lipinski definition) is 2. The Bertz CT molecular complexity index is 1310. The highest BCUT2D eigenvalue weighted by Gasteiger charge is 2.28. The summed E-state index contributed by atoms with van der Waals surface area (Å²) in [7, 11) is 3.87. The van der Waals surface area contributed by atoms with Crippen LogP contribution in [0.1, 0.15) is 28.3 Å². The van der Waals surface area contributed by atoms with Gasteiger partial charge in [0, 0.05) is 30.8 Å². The van der Waals surface area contributed by atoms with Crippen LogP contribution in [-0.2, 0) is 6.42 Å². The van der Waals surface area contributed by atoms with Gasteiger partial charge < -0.3 is 14.7 Å². The molecule has 0 aliphatic heterocycles. The van der Waals surface area contributed by atoms with E-state index in [0.717, 1.165) is 51.9 Å². The second kappa shape index (κ2) is 7.14. The predicted octanol–water partition coefficient (Wildman–Crippen LogP) is 4.02. The Labute approximate surface area is 176 Å². The average molecular weight is 420 g/mol. The van der Waals surface area contributed by atoms with Crippen molar-refractivity contribution in [1.29, 1.82) is 0 Å². The minimum Gasteiger partial charge on any atom is -0.494 e. The summed E-state index contributed by atoms with van der Waals surface area (Å²) in [5.41, 5.74) is 2.27. The lowest BCUT2D eigenvalue weighted by Gasteiger charge is -2.15. The van der Waals surface area contributed by atoms with E-state index in [9.17, 15) is 9.90 Å². The predicted molar refractivity (Wildman–Crippen MR) is 117 cm³/mol. The van der Waals surface area contributed by atoms with Crippen molar-refractivity contribution in [3.05, 3.63) is 68.1 Å². The third-order valence-electron chi connectivity index (χ3n) is 5.44. The zero-order valence-corrected chi connectivity index (χ0v) is 17.4. The number of thiazole rings is 1. The molecule has 0 saturated carbocycles. The Morgan fingerprint density at radius 3 is 2.70 bits per heavy atom. The molecule has 0 spiro atoms. The molecule has 0 fully saturated rings. The Balaban J connectivity index is 1.49. The van der Waals surface area contributed by atoms with Crippen LogP contribution >= 0.6 is 11.3 Å². The van der Waals surface area contributed by atoms with Gasteiger partial charge in [0.1, 0.15) is 5.75 Å². The van der Waals surface area contributed by atoms with Gasteiger partial charge in [0.15, 0.2) is 5.82 Å². The molecule has 1 aliphatic carbocycles. The fourth-order valence-electron chi connectivity index (χ4n) is 4.08. The zero-order chi connectivity index (χ0) is 20.8. The van der Waals surface area contributed by atoms with E-state index in [0.29, 0.717) is 16.5 Å². The fourth-order valence-corrected chi connectivity index (χ4v) is 4.96. The lowest BCUT2D eigenvalue weighted by Crippen LogP contribution is -2.12. The number of fused-ring (bicyclic) bond motifs is 2. The number of hydrogen-bond acceptors (Lipinski definition) is 7. The molecule has 30 heavy (non-hydrogen) atoms. The molecule has 0 radical (unpaired) electrons. The first kappa shape index (κ1) is 18.6. The van der Waals surface area contributed by atoms with Gasteiger partial charge in [-0.05, 0) is 42.2 Å². The second-order valence-electron chi connectivity index (χ2n) is 7.55. The number of aryl methyl sites for hydroxylation is 1. The molecule has 152 valence electrons. The van der Waals surface area contributed by atoms with E-state index in [1.165, 1.54) is 0 Å². The van der Waals surface area contributed by atoms with Gasteiger partial charge in [0.25, 0.3) is 0 Å². The zero-order valence-electron chi connectivity index (χ0n) is 16.5. The van der Waals surface area contributed by atoms with Crippen molar-refractivity contribution in [3.63, 3.8) is 0 Å². The number of aromatic nitrogens is 3. The minimum absolute atomic E-state index is 0.0223. The molecule has 8 heteroatoms. The molecule has 4 aromatic rings. The van der Waals surface area contributed by atoms with E-state index in [1.807, 2.05) is 61.5 Å². The Morgan fingerprint density at radius 2 is 1.97 bits per heavy atom. The molecule has 2 aromatic carbocycles. The number of nitrogens with zero attached hydrogens (tertiary/aromatic N) is 3. The van der Waals surface area contributed by atoms with Crippen LogP contribution in [0.3, 0.4) is 0 Å². The molecule has 1 atom stereocenters. The molecule has 5 rings (SSSR count). The Kier molecular flexibility index (Phi) is 4.43. The van der Waals surface area contributed by atoms with E-state index in [-0.39, 0.29) is 16.7 Å². The van der Waals surface area contributed by atoms with Crippen LogP contribution in [-0.4, -0.2) is 34.4 Å². The van der Waals surface area contributed by atoms with E-state index in [4.69, 9.17) is 4.74 Å². The molecule has 0 bridgehead atoms. The van der Waals surface area contributed by atoms with E-state index < -0.39 is 0 Å². The van der Waals surface area contributed by atoms with Crippen LogP contribution < -0.4 is 14.5 Å². The summed E-state index contributed by atoms with van der Waals surface area (Å²) in [5, 5.41) is 20.6. The third kappa shape index (κ3) is 3.09. The summed E-state index contributed by atoms with van der Waals surface area (Å²) >= 11 is 1.07. The topological polar surface area (TPSA) is 91.3 Å². The van der Waals surface area contributed by atoms with Crippen molar-refractivity contribution in [1.82, 2.24) is 15.2 Å². The number of aromatic amines is 1. The first-order valence-corrected chi connectivity index (χ1v) is 10.5. The maximum Gasteiger partial charge on any atom is 0.307 e. The smallest absolute Gasteiger partial charge is 0.307 e. The maximum absolute atomic E-state index is 11.6. The van der Waals surface area contributed by atoms with Crippen LogP contribution in [0.2, 0.25) is 0 Å². The number of rotatable bonds is 4. The van der Waals surface area contributed by atoms with Crippen LogP contribution in [0.25, 0.3) is 10.8 Å². The first-order valence-electron chi connectivity index (χ1n) is 9.66. The first-order chi connectivity index (χ1) is 14.5. The normalized spacial score (nSPS) is 15.3. The maximum atomic E-state index is 11.6.